The summed E-state index contributed by atoms with van der Waals surface area (Å²) >= 11 is 0. The number of likely N-dealkylation sites (N-methyl/N-ethyl adjacent to an activating group) is 1. The minimum absolute atomic E-state index is 0.0405. The average Bonchev–Trinajstić information content (AvgIpc) is 2.03. The standard InChI is InChI=1S/C7H15N3O2/c1-9-2-3-10(7(11)12)6(4-8)5-9/h6H,2-5,8H2,1H3,(H,11,12). The summed E-state index contributed by atoms with van der Waals surface area (Å²) in [5.41, 5.74) is 5.46. The van der Waals surface area contributed by atoms with Crippen molar-refractivity contribution in [3.63, 3.8) is 0 Å². The number of hydrogen-bond donors (Lipinski definition) is 2. The number of nitrogens with two attached hydrogens (primary N) is 1. The lowest BCUT2D eigenvalue weighted by molar-refractivity contribution is 0.0807. The molecule has 1 heterocycles. The van der Waals surface area contributed by atoms with E-state index in [0.29, 0.717) is 13.1 Å². The SMILES string of the molecule is CN1CCN(C(=O)O)C(CN)C1. The molecule has 3 N–H and O–H groups in total. The molecule has 1 aliphatic heterocycles. The number of nitrogens with zero attached hydrogens (tertiary/aromatic N) is 2. The van der Waals surface area contributed by atoms with Gasteiger partial charge in [0.15, 0.2) is 0 Å². The van der Waals surface area contributed by atoms with E-state index < -0.39 is 6.09 Å². The Labute approximate surface area is 71.7 Å². The molecule has 0 bridgehead atoms. The van der Waals surface area contributed by atoms with Gasteiger partial charge < -0.3 is 20.6 Å². The molecule has 1 amide bonds. The van der Waals surface area contributed by atoms with Crippen molar-refractivity contribution < 1.29 is 9.90 Å². The second kappa shape index (κ2) is 3.73. The molecule has 5 nitrogen and oxygen atoms in total. The van der Waals surface area contributed by atoms with Crippen LogP contribution < -0.4 is 5.73 Å². The van der Waals surface area contributed by atoms with Gasteiger partial charge in [-0.25, -0.2) is 4.79 Å². The largest absolute Gasteiger partial charge is 0.465 e. The predicted molar refractivity (Wildman–Crippen MR) is 45.1 cm³/mol. The van der Waals surface area contributed by atoms with Crippen molar-refractivity contribution >= 4 is 6.09 Å². The summed E-state index contributed by atoms with van der Waals surface area (Å²) in [5, 5.41) is 8.78. The highest BCUT2D eigenvalue weighted by molar-refractivity contribution is 5.65. The summed E-state index contributed by atoms with van der Waals surface area (Å²) in [4.78, 5) is 14.2. The predicted octanol–water partition coefficient (Wildman–Crippen LogP) is -0.761. The lowest BCUT2D eigenvalue weighted by Crippen LogP contribution is -2.56. The van der Waals surface area contributed by atoms with Crippen LogP contribution in [0.4, 0.5) is 4.79 Å². The number of amides is 1. The molecule has 12 heavy (non-hydrogen) atoms. The van der Waals surface area contributed by atoms with Crippen LogP contribution in [0.5, 0.6) is 0 Å². The first-order valence-corrected chi connectivity index (χ1v) is 4.03. The van der Waals surface area contributed by atoms with Crippen LogP contribution in [-0.4, -0.2) is 60.3 Å². The number of piperazine rings is 1. The minimum atomic E-state index is -0.862. The van der Waals surface area contributed by atoms with Crippen LogP contribution >= 0.6 is 0 Å². The quantitative estimate of drug-likeness (QED) is 0.547. The first kappa shape index (κ1) is 9.28. The first-order valence-electron chi connectivity index (χ1n) is 4.03. The van der Waals surface area contributed by atoms with E-state index in [2.05, 4.69) is 4.90 Å². The Bertz CT molecular complexity index is 174. The Kier molecular flexibility index (Phi) is 2.88. The van der Waals surface area contributed by atoms with Crippen LogP contribution in [-0.2, 0) is 0 Å². The smallest absolute Gasteiger partial charge is 0.407 e. The summed E-state index contributed by atoms with van der Waals surface area (Å²) in [7, 11) is 1.97. The van der Waals surface area contributed by atoms with Gasteiger partial charge in [0.2, 0.25) is 0 Å². The van der Waals surface area contributed by atoms with Gasteiger partial charge in [-0.1, -0.05) is 0 Å². The number of rotatable bonds is 1. The van der Waals surface area contributed by atoms with E-state index in [9.17, 15) is 4.79 Å². The van der Waals surface area contributed by atoms with Crippen molar-refractivity contribution in [1.82, 2.24) is 9.80 Å². The van der Waals surface area contributed by atoms with E-state index in [1.54, 1.807) is 0 Å². The zero-order chi connectivity index (χ0) is 9.14. The number of carboxylic acid groups (broad SMARTS) is 1. The van der Waals surface area contributed by atoms with Crippen LogP contribution in [0.2, 0.25) is 0 Å². The Hall–Kier alpha value is -0.810. The summed E-state index contributed by atoms with van der Waals surface area (Å²) < 4.78 is 0. The number of carbonyl (C=O) groups is 1. The highest BCUT2D eigenvalue weighted by Gasteiger charge is 2.27. The fourth-order valence-corrected chi connectivity index (χ4v) is 1.46. The Morgan fingerprint density at radius 2 is 2.33 bits per heavy atom. The van der Waals surface area contributed by atoms with Gasteiger partial charge in [-0.3, -0.25) is 0 Å². The lowest BCUT2D eigenvalue weighted by Gasteiger charge is -2.37. The van der Waals surface area contributed by atoms with Crippen molar-refractivity contribution in [2.45, 2.75) is 6.04 Å². The fourth-order valence-electron chi connectivity index (χ4n) is 1.46. The van der Waals surface area contributed by atoms with Crippen LogP contribution in [0.25, 0.3) is 0 Å². The molecule has 1 atom stereocenters. The van der Waals surface area contributed by atoms with Gasteiger partial charge in [-0.05, 0) is 7.05 Å². The highest BCUT2D eigenvalue weighted by Crippen LogP contribution is 2.06. The molecule has 1 rings (SSSR count). The topological polar surface area (TPSA) is 69.8 Å². The molecule has 0 aromatic rings. The zero-order valence-electron chi connectivity index (χ0n) is 7.23. The zero-order valence-corrected chi connectivity index (χ0v) is 7.23. The van der Waals surface area contributed by atoms with Crippen molar-refractivity contribution in [2.24, 2.45) is 5.73 Å². The Morgan fingerprint density at radius 1 is 1.67 bits per heavy atom. The molecule has 1 fully saturated rings. The molecule has 1 aliphatic rings. The maximum atomic E-state index is 10.7. The summed E-state index contributed by atoms with van der Waals surface area (Å²) in [6.07, 6.45) is -0.862. The van der Waals surface area contributed by atoms with Gasteiger partial charge in [0.1, 0.15) is 0 Å². The van der Waals surface area contributed by atoms with Gasteiger partial charge in [-0.15, -0.1) is 0 Å². The second-order valence-corrected chi connectivity index (χ2v) is 3.13. The van der Waals surface area contributed by atoms with E-state index in [4.69, 9.17) is 10.8 Å². The lowest BCUT2D eigenvalue weighted by atomic mass is 10.2. The van der Waals surface area contributed by atoms with Crippen LogP contribution in [0, 0.1) is 0 Å². The third-order valence-corrected chi connectivity index (χ3v) is 2.20. The second-order valence-electron chi connectivity index (χ2n) is 3.13. The van der Waals surface area contributed by atoms with Gasteiger partial charge in [-0.2, -0.15) is 0 Å². The van der Waals surface area contributed by atoms with Gasteiger partial charge in [0.05, 0.1) is 6.04 Å². The van der Waals surface area contributed by atoms with E-state index in [-0.39, 0.29) is 6.04 Å². The summed E-state index contributed by atoms with van der Waals surface area (Å²) in [6, 6.07) is -0.0405. The molecule has 0 saturated carbocycles. The molecule has 0 aromatic carbocycles. The molecule has 0 aromatic heterocycles. The molecule has 0 radical (unpaired) electrons. The molecule has 70 valence electrons. The summed E-state index contributed by atoms with van der Waals surface area (Å²) in [6.45, 7) is 2.50. The van der Waals surface area contributed by atoms with Crippen molar-refractivity contribution in [3.8, 4) is 0 Å². The molecular formula is C7H15N3O2. The van der Waals surface area contributed by atoms with E-state index in [0.717, 1.165) is 13.1 Å². The van der Waals surface area contributed by atoms with Crippen molar-refractivity contribution in [2.75, 3.05) is 33.2 Å². The Morgan fingerprint density at radius 3 is 2.83 bits per heavy atom. The number of hydrogen-bond acceptors (Lipinski definition) is 3. The van der Waals surface area contributed by atoms with Gasteiger partial charge in [0.25, 0.3) is 0 Å². The van der Waals surface area contributed by atoms with Gasteiger partial charge >= 0.3 is 6.09 Å². The fraction of sp³-hybridized carbons (Fsp3) is 0.857. The molecule has 0 spiro atoms. The van der Waals surface area contributed by atoms with Crippen LogP contribution in [0.15, 0.2) is 0 Å². The maximum absolute atomic E-state index is 10.7. The van der Waals surface area contributed by atoms with Crippen LogP contribution in [0.3, 0.4) is 0 Å². The first-order chi connectivity index (χ1) is 5.65. The average molecular weight is 173 g/mol. The summed E-state index contributed by atoms with van der Waals surface area (Å²) in [5.74, 6) is 0. The third-order valence-electron chi connectivity index (χ3n) is 2.20. The Balaban J connectivity index is 2.56. The van der Waals surface area contributed by atoms with E-state index >= 15 is 0 Å². The maximum Gasteiger partial charge on any atom is 0.407 e. The molecular weight excluding hydrogens is 158 g/mol. The molecule has 1 unspecified atom stereocenters. The highest BCUT2D eigenvalue weighted by atomic mass is 16.4. The molecule has 0 aliphatic carbocycles. The van der Waals surface area contributed by atoms with E-state index in [1.165, 1.54) is 4.90 Å². The molecule has 1 saturated heterocycles. The van der Waals surface area contributed by atoms with E-state index in [1.807, 2.05) is 7.05 Å². The van der Waals surface area contributed by atoms with Crippen molar-refractivity contribution in [3.05, 3.63) is 0 Å². The van der Waals surface area contributed by atoms with Crippen LogP contribution in [0.1, 0.15) is 0 Å². The van der Waals surface area contributed by atoms with Crippen molar-refractivity contribution in [1.29, 1.82) is 0 Å². The normalized spacial score (nSPS) is 25.8. The minimum Gasteiger partial charge on any atom is -0.465 e. The third kappa shape index (κ3) is 1.86. The molecule has 5 heteroatoms. The monoisotopic (exact) mass is 173 g/mol. The van der Waals surface area contributed by atoms with Gasteiger partial charge in [0, 0.05) is 26.2 Å².